The number of rotatable bonds is 10. The van der Waals surface area contributed by atoms with Gasteiger partial charge in [0.25, 0.3) is 0 Å². The first-order valence-corrected chi connectivity index (χ1v) is 13.1. The van der Waals surface area contributed by atoms with Crippen LogP contribution < -0.4 is 10.5 Å². The summed E-state index contributed by atoms with van der Waals surface area (Å²) in [6.07, 6.45) is 1.50. The minimum absolute atomic E-state index is 0.121. The van der Waals surface area contributed by atoms with E-state index in [4.69, 9.17) is 10.1 Å². The lowest BCUT2D eigenvalue weighted by atomic mass is 9.90. The highest BCUT2D eigenvalue weighted by atomic mass is 32.2. The summed E-state index contributed by atoms with van der Waals surface area (Å²) in [6.45, 7) is 11.2. The van der Waals surface area contributed by atoms with Crippen molar-refractivity contribution in [3.8, 4) is 5.69 Å². The van der Waals surface area contributed by atoms with Gasteiger partial charge in [0, 0.05) is 12.5 Å². The Kier molecular flexibility index (Phi) is 8.22. The van der Waals surface area contributed by atoms with Crippen molar-refractivity contribution >= 4 is 10.0 Å². The second kappa shape index (κ2) is 10.8. The van der Waals surface area contributed by atoms with Crippen LogP contribution in [0.3, 0.4) is 0 Å². The van der Waals surface area contributed by atoms with Gasteiger partial charge in [0.15, 0.2) is 5.82 Å². The molecular formula is C25H34FN5O2S. The molecule has 1 aromatic heterocycles. The molecule has 3 rings (SSSR count). The highest BCUT2D eigenvalue weighted by molar-refractivity contribution is 7.89. The Morgan fingerprint density at radius 3 is 2.47 bits per heavy atom. The number of hydrogen-bond acceptors (Lipinski definition) is 5. The largest absolute Gasteiger partial charge is 0.306 e. The maximum absolute atomic E-state index is 15.0. The van der Waals surface area contributed by atoms with E-state index in [1.165, 1.54) is 16.8 Å². The van der Waals surface area contributed by atoms with Crippen LogP contribution in [-0.2, 0) is 23.0 Å². The summed E-state index contributed by atoms with van der Waals surface area (Å²) in [5.41, 5.74) is 2.26. The molecule has 2 atom stereocenters. The van der Waals surface area contributed by atoms with Crippen molar-refractivity contribution in [3.05, 3.63) is 71.1 Å². The van der Waals surface area contributed by atoms with Crippen molar-refractivity contribution in [2.75, 3.05) is 0 Å². The van der Waals surface area contributed by atoms with Gasteiger partial charge < -0.3 is 5.32 Å². The topological polar surface area (TPSA) is 103 Å². The van der Waals surface area contributed by atoms with Crippen molar-refractivity contribution in [3.63, 3.8) is 0 Å². The molecule has 0 saturated carbocycles. The quantitative estimate of drug-likeness (QED) is 0.448. The number of benzene rings is 2. The number of halogens is 1. The van der Waals surface area contributed by atoms with Crippen LogP contribution >= 0.6 is 0 Å². The Hall–Kier alpha value is -2.62. The lowest BCUT2D eigenvalue weighted by molar-refractivity contribution is 0.288. The third-order valence-electron chi connectivity index (χ3n) is 6.11. The Morgan fingerprint density at radius 1 is 1.15 bits per heavy atom. The first-order valence-electron chi connectivity index (χ1n) is 11.6. The Labute approximate surface area is 201 Å². The van der Waals surface area contributed by atoms with E-state index in [1.54, 1.807) is 0 Å². The van der Waals surface area contributed by atoms with Gasteiger partial charge in [-0.1, -0.05) is 63.9 Å². The fraction of sp³-hybridized carbons (Fsp3) is 0.440. The van der Waals surface area contributed by atoms with E-state index in [-0.39, 0.29) is 10.6 Å². The molecule has 3 aromatic rings. The fourth-order valence-corrected chi connectivity index (χ4v) is 4.70. The summed E-state index contributed by atoms with van der Waals surface area (Å²) in [6, 6.07) is 11.9. The highest BCUT2D eigenvalue weighted by Crippen LogP contribution is 2.21. The molecule has 2 unspecified atom stereocenters. The standard InChI is InChI=1S/C25H34FN5O2S/c1-6-18(5)25(16(2)3)28-15-23-29-24(13-19-9-7-8-17(4)12-19)31(30-23)22-11-10-20(14-21(22)26)34(27,32)33/h7-12,14,16,18,25,28H,6,13,15H2,1-5H3,(H2,27,32,33). The molecule has 0 bridgehead atoms. The number of aryl methyl sites for hydroxylation is 1. The summed E-state index contributed by atoms with van der Waals surface area (Å²) < 4.78 is 39.7. The molecule has 0 saturated heterocycles. The third kappa shape index (κ3) is 6.28. The van der Waals surface area contributed by atoms with Crippen molar-refractivity contribution in [1.82, 2.24) is 20.1 Å². The van der Waals surface area contributed by atoms with Gasteiger partial charge in [-0.15, -0.1) is 5.10 Å². The van der Waals surface area contributed by atoms with Gasteiger partial charge in [-0.05, 0) is 42.5 Å². The van der Waals surface area contributed by atoms with Crippen LogP contribution in [0.2, 0.25) is 0 Å². The number of nitrogens with one attached hydrogen (secondary N) is 1. The van der Waals surface area contributed by atoms with Gasteiger partial charge in [-0.2, -0.15) is 0 Å². The lowest BCUT2D eigenvalue weighted by Crippen LogP contribution is -2.39. The lowest BCUT2D eigenvalue weighted by Gasteiger charge is -2.27. The average molecular weight is 488 g/mol. The number of sulfonamides is 1. The number of aromatic nitrogens is 3. The SMILES string of the molecule is CCC(C)C(NCc1nc(Cc2cccc(C)c2)n(-c2ccc(S(N)(=O)=O)cc2F)n1)C(C)C. The molecule has 1 heterocycles. The molecule has 184 valence electrons. The molecule has 0 spiro atoms. The van der Waals surface area contributed by atoms with E-state index in [0.29, 0.717) is 42.5 Å². The van der Waals surface area contributed by atoms with E-state index in [2.05, 4.69) is 44.2 Å². The normalized spacial score (nSPS) is 13.9. The molecule has 34 heavy (non-hydrogen) atoms. The minimum Gasteiger partial charge on any atom is -0.306 e. The van der Waals surface area contributed by atoms with Crippen LogP contribution in [0.4, 0.5) is 4.39 Å². The zero-order valence-corrected chi connectivity index (χ0v) is 21.2. The van der Waals surface area contributed by atoms with Gasteiger partial charge >= 0.3 is 0 Å². The monoisotopic (exact) mass is 487 g/mol. The van der Waals surface area contributed by atoms with Crippen molar-refractivity contribution < 1.29 is 12.8 Å². The molecule has 0 amide bonds. The third-order valence-corrected chi connectivity index (χ3v) is 7.02. The van der Waals surface area contributed by atoms with Crippen LogP contribution in [0.1, 0.15) is 56.9 Å². The van der Waals surface area contributed by atoms with Crippen LogP contribution in [0.5, 0.6) is 0 Å². The summed E-state index contributed by atoms with van der Waals surface area (Å²) in [7, 11) is -4.01. The second-order valence-electron chi connectivity index (χ2n) is 9.22. The number of nitrogens with two attached hydrogens (primary N) is 1. The van der Waals surface area contributed by atoms with Crippen molar-refractivity contribution in [2.24, 2.45) is 17.0 Å². The van der Waals surface area contributed by atoms with Crippen LogP contribution in [-0.4, -0.2) is 29.2 Å². The van der Waals surface area contributed by atoms with E-state index in [1.807, 2.05) is 25.1 Å². The van der Waals surface area contributed by atoms with Gasteiger partial charge in [0.2, 0.25) is 10.0 Å². The Balaban J connectivity index is 1.99. The smallest absolute Gasteiger partial charge is 0.238 e. The molecule has 0 fully saturated rings. The summed E-state index contributed by atoms with van der Waals surface area (Å²) in [4.78, 5) is 4.43. The fourth-order valence-electron chi connectivity index (χ4n) is 4.17. The summed E-state index contributed by atoms with van der Waals surface area (Å²) in [5, 5.41) is 13.3. The molecule has 3 N–H and O–H groups in total. The maximum atomic E-state index is 15.0. The molecule has 0 aliphatic carbocycles. The molecule has 9 heteroatoms. The predicted octanol–water partition coefficient (Wildman–Crippen LogP) is 4.11. The number of primary sulfonamides is 1. The van der Waals surface area contributed by atoms with Crippen LogP contribution in [0.15, 0.2) is 47.4 Å². The van der Waals surface area contributed by atoms with E-state index in [9.17, 15) is 8.42 Å². The summed E-state index contributed by atoms with van der Waals surface area (Å²) >= 11 is 0. The van der Waals surface area contributed by atoms with Crippen molar-refractivity contribution in [1.29, 1.82) is 0 Å². The van der Waals surface area contributed by atoms with Gasteiger partial charge in [0.05, 0.1) is 11.4 Å². The van der Waals surface area contributed by atoms with E-state index >= 15 is 4.39 Å². The van der Waals surface area contributed by atoms with Gasteiger partial charge in [-0.25, -0.2) is 27.6 Å². The summed E-state index contributed by atoms with van der Waals surface area (Å²) in [5.74, 6) is 1.30. The maximum Gasteiger partial charge on any atom is 0.238 e. The molecular weight excluding hydrogens is 453 g/mol. The van der Waals surface area contributed by atoms with Crippen LogP contribution in [0.25, 0.3) is 5.69 Å². The zero-order valence-electron chi connectivity index (χ0n) is 20.4. The second-order valence-corrected chi connectivity index (χ2v) is 10.8. The zero-order chi connectivity index (χ0) is 25.0. The van der Waals surface area contributed by atoms with E-state index < -0.39 is 15.8 Å². The first-order chi connectivity index (χ1) is 16.0. The number of nitrogens with zero attached hydrogens (tertiary/aromatic N) is 3. The minimum atomic E-state index is -4.01. The molecule has 0 aliphatic heterocycles. The molecule has 0 radical (unpaired) electrons. The average Bonchev–Trinajstić information content (AvgIpc) is 3.14. The van der Waals surface area contributed by atoms with Crippen LogP contribution in [0, 0.1) is 24.6 Å². The number of hydrogen-bond donors (Lipinski definition) is 2. The first kappa shape index (κ1) is 26.0. The molecule has 2 aromatic carbocycles. The highest BCUT2D eigenvalue weighted by Gasteiger charge is 2.22. The molecule has 7 nitrogen and oxygen atoms in total. The Bertz CT molecular complexity index is 1240. The van der Waals surface area contributed by atoms with Gasteiger partial charge in [-0.3, -0.25) is 0 Å². The molecule has 0 aliphatic rings. The van der Waals surface area contributed by atoms with Crippen molar-refractivity contribution in [2.45, 2.75) is 64.9 Å². The van der Waals surface area contributed by atoms with Gasteiger partial charge in [0.1, 0.15) is 17.3 Å². The Morgan fingerprint density at radius 2 is 1.88 bits per heavy atom. The predicted molar refractivity (Wildman–Crippen MR) is 132 cm³/mol. The van der Waals surface area contributed by atoms with E-state index in [0.717, 1.165) is 23.6 Å².